The molecule has 0 bridgehead atoms. The molecule has 1 aliphatic rings. The summed E-state index contributed by atoms with van der Waals surface area (Å²) < 4.78 is 35.4. The second kappa shape index (κ2) is 3.64. The molecule has 0 spiro atoms. The highest BCUT2D eigenvalue weighted by molar-refractivity contribution is 4.76. The van der Waals surface area contributed by atoms with Gasteiger partial charge >= 0.3 is 6.18 Å². The van der Waals surface area contributed by atoms with E-state index in [1.165, 1.54) is 0 Å². The van der Waals surface area contributed by atoms with Crippen LogP contribution in [0, 0.1) is 5.92 Å². The third-order valence-electron chi connectivity index (χ3n) is 2.35. The van der Waals surface area contributed by atoms with E-state index >= 15 is 0 Å². The largest absolute Gasteiger partial charge is 0.390 e. The number of nitrogens with two attached hydrogens (primary N) is 1. The summed E-state index contributed by atoms with van der Waals surface area (Å²) in [7, 11) is 0. The van der Waals surface area contributed by atoms with Gasteiger partial charge in [0.25, 0.3) is 0 Å². The molecule has 0 aromatic rings. The minimum atomic E-state index is -4.09. The lowest BCUT2D eigenvalue weighted by molar-refractivity contribution is -0.139. The van der Waals surface area contributed by atoms with E-state index in [1.807, 2.05) is 0 Å². The van der Waals surface area contributed by atoms with E-state index in [4.69, 9.17) is 5.73 Å². The van der Waals surface area contributed by atoms with Crippen LogP contribution in [0.4, 0.5) is 13.2 Å². The van der Waals surface area contributed by atoms with Crippen LogP contribution in [0.1, 0.15) is 32.1 Å². The Labute approximate surface area is 70.1 Å². The minimum absolute atomic E-state index is 0.461. The topological polar surface area (TPSA) is 26.0 Å². The molecule has 2 N–H and O–H groups in total. The van der Waals surface area contributed by atoms with Crippen molar-refractivity contribution in [3.05, 3.63) is 0 Å². The quantitative estimate of drug-likeness (QED) is 0.711. The average molecular weight is 181 g/mol. The predicted molar refractivity (Wildman–Crippen MR) is 40.6 cm³/mol. The number of alkyl halides is 3. The molecule has 0 radical (unpaired) electrons. The van der Waals surface area contributed by atoms with Crippen molar-refractivity contribution in [3.8, 4) is 0 Å². The van der Waals surface area contributed by atoms with Crippen LogP contribution in [0.5, 0.6) is 0 Å². The van der Waals surface area contributed by atoms with Crippen LogP contribution in [0.15, 0.2) is 0 Å². The molecule has 0 aromatic carbocycles. The zero-order chi connectivity index (χ0) is 9.19. The number of hydrogen-bond donors (Lipinski definition) is 1. The zero-order valence-electron chi connectivity index (χ0n) is 6.90. The van der Waals surface area contributed by atoms with E-state index in [1.54, 1.807) is 0 Å². The highest BCUT2D eigenvalue weighted by Gasteiger charge is 2.32. The van der Waals surface area contributed by atoms with Crippen LogP contribution in [0.3, 0.4) is 0 Å². The van der Waals surface area contributed by atoms with Crippen molar-refractivity contribution >= 4 is 0 Å². The maximum Gasteiger partial charge on any atom is 0.390 e. The first-order chi connectivity index (χ1) is 5.47. The fourth-order valence-electron chi connectivity index (χ4n) is 1.54. The molecular weight excluding hydrogens is 167 g/mol. The molecule has 1 fully saturated rings. The molecule has 0 saturated heterocycles. The molecule has 1 unspecified atom stereocenters. The Balaban J connectivity index is 2.14. The fourth-order valence-corrected chi connectivity index (χ4v) is 1.54. The van der Waals surface area contributed by atoms with Crippen molar-refractivity contribution in [3.63, 3.8) is 0 Å². The van der Waals surface area contributed by atoms with Crippen molar-refractivity contribution < 1.29 is 13.2 Å². The third-order valence-corrected chi connectivity index (χ3v) is 2.35. The molecule has 12 heavy (non-hydrogen) atoms. The minimum Gasteiger partial charge on any atom is -0.327 e. The fraction of sp³-hybridized carbons (Fsp3) is 1.00. The molecule has 4 heteroatoms. The lowest BCUT2D eigenvalue weighted by Crippen LogP contribution is -2.31. The second-order valence-electron chi connectivity index (χ2n) is 3.61. The van der Waals surface area contributed by atoms with Crippen molar-refractivity contribution in [1.82, 2.24) is 0 Å². The molecule has 0 aromatic heterocycles. The first kappa shape index (κ1) is 9.84. The van der Waals surface area contributed by atoms with Crippen LogP contribution in [-0.2, 0) is 0 Å². The van der Waals surface area contributed by atoms with E-state index in [-0.39, 0.29) is 0 Å². The summed E-state index contributed by atoms with van der Waals surface area (Å²) in [4.78, 5) is 0. The van der Waals surface area contributed by atoms with Gasteiger partial charge in [-0.3, -0.25) is 0 Å². The first-order valence-corrected chi connectivity index (χ1v) is 4.30. The number of rotatable bonds is 3. The van der Waals surface area contributed by atoms with Crippen molar-refractivity contribution in [2.75, 3.05) is 0 Å². The lowest BCUT2D eigenvalue weighted by atomic mass is 9.80. The Morgan fingerprint density at radius 1 is 1.33 bits per heavy atom. The molecular formula is C8H14F3N. The van der Waals surface area contributed by atoms with Gasteiger partial charge in [-0.25, -0.2) is 0 Å². The van der Waals surface area contributed by atoms with Gasteiger partial charge in [-0.05, 0) is 12.3 Å². The van der Waals surface area contributed by atoms with E-state index < -0.39 is 18.6 Å². The van der Waals surface area contributed by atoms with E-state index in [9.17, 15) is 13.2 Å². The summed E-state index contributed by atoms with van der Waals surface area (Å²) in [6.45, 7) is 0. The van der Waals surface area contributed by atoms with Gasteiger partial charge in [-0.15, -0.1) is 0 Å². The third kappa shape index (κ3) is 3.43. The molecule has 1 rings (SSSR count). The van der Waals surface area contributed by atoms with Gasteiger partial charge < -0.3 is 5.73 Å². The Bertz CT molecular complexity index is 140. The summed E-state index contributed by atoms with van der Waals surface area (Å²) in [6.07, 6.45) is -1.10. The summed E-state index contributed by atoms with van der Waals surface area (Å²) in [5.41, 5.74) is 5.35. The standard InChI is InChI=1S/C8H14F3N/c9-8(10,11)5-7(12)4-6-2-1-3-6/h6-7H,1-5,12H2. The monoisotopic (exact) mass is 181 g/mol. The molecule has 1 aliphatic carbocycles. The predicted octanol–water partition coefficient (Wildman–Crippen LogP) is 2.46. The number of halogens is 3. The molecule has 0 aliphatic heterocycles. The van der Waals surface area contributed by atoms with Crippen molar-refractivity contribution in [2.45, 2.75) is 44.3 Å². The summed E-state index contributed by atoms with van der Waals surface area (Å²) in [5, 5.41) is 0. The van der Waals surface area contributed by atoms with Crippen molar-refractivity contribution in [2.24, 2.45) is 11.7 Å². The van der Waals surface area contributed by atoms with Crippen LogP contribution < -0.4 is 5.73 Å². The smallest absolute Gasteiger partial charge is 0.327 e. The van der Waals surface area contributed by atoms with E-state index in [0.717, 1.165) is 19.3 Å². The molecule has 0 amide bonds. The average Bonchev–Trinajstić information content (AvgIpc) is 1.74. The van der Waals surface area contributed by atoms with Gasteiger partial charge in [0, 0.05) is 6.04 Å². The molecule has 0 heterocycles. The van der Waals surface area contributed by atoms with Gasteiger partial charge in [0.15, 0.2) is 0 Å². The first-order valence-electron chi connectivity index (χ1n) is 4.30. The van der Waals surface area contributed by atoms with Gasteiger partial charge in [-0.2, -0.15) is 13.2 Å². The summed E-state index contributed by atoms with van der Waals surface area (Å²) >= 11 is 0. The highest BCUT2D eigenvalue weighted by Crippen LogP contribution is 2.32. The Kier molecular flexibility index (Phi) is 2.99. The molecule has 1 saturated carbocycles. The van der Waals surface area contributed by atoms with Crippen LogP contribution >= 0.6 is 0 Å². The summed E-state index contributed by atoms with van der Waals surface area (Å²) in [6, 6.07) is -0.685. The van der Waals surface area contributed by atoms with Gasteiger partial charge in [0.05, 0.1) is 6.42 Å². The van der Waals surface area contributed by atoms with Crippen LogP contribution in [-0.4, -0.2) is 12.2 Å². The second-order valence-corrected chi connectivity index (χ2v) is 3.61. The maximum atomic E-state index is 11.8. The van der Waals surface area contributed by atoms with E-state index in [0.29, 0.717) is 12.3 Å². The Morgan fingerprint density at radius 2 is 1.92 bits per heavy atom. The highest BCUT2D eigenvalue weighted by atomic mass is 19.4. The van der Waals surface area contributed by atoms with E-state index in [2.05, 4.69) is 0 Å². The SMILES string of the molecule is NC(CC1CCC1)CC(F)(F)F. The lowest BCUT2D eigenvalue weighted by Gasteiger charge is -2.28. The molecule has 72 valence electrons. The maximum absolute atomic E-state index is 11.8. The Hall–Kier alpha value is -0.250. The Morgan fingerprint density at radius 3 is 2.25 bits per heavy atom. The number of hydrogen-bond acceptors (Lipinski definition) is 1. The molecule has 1 nitrogen and oxygen atoms in total. The van der Waals surface area contributed by atoms with Crippen LogP contribution in [0.2, 0.25) is 0 Å². The van der Waals surface area contributed by atoms with Crippen molar-refractivity contribution in [1.29, 1.82) is 0 Å². The van der Waals surface area contributed by atoms with Gasteiger partial charge in [-0.1, -0.05) is 19.3 Å². The van der Waals surface area contributed by atoms with Crippen LogP contribution in [0.25, 0.3) is 0 Å². The normalized spacial score (nSPS) is 22.0. The zero-order valence-corrected chi connectivity index (χ0v) is 6.90. The summed E-state index contributed by atoms with van der Waals surface area (Å²) in [5.74, 6) is 0.461. The molecule has 1 atom stereocenters. The van der Waals surface area contributed by atoms with Gasteiger partial charge in [0.1, 0.15) is 0 Å². The van der Waals surface area contributed by atoms with Gasteiger partial charge in [0.2, 0.25) is 0 Å².